The second kappa shape index (κ2) is 6.74. The molecule has 4 unspecified atom stereocenters. The predicted molar refractivity (Wildman–Crippen MR) is 84.4 cm³/mol. The van der Waals surface area contributed by atoms with Gasteiger partial charge in [0, 0.05) is 12.2 Å². The second-order valence-corrected chi connectivity index (χ2v) is 5.64. The molecule has 4 atom stereocenters. The molecule has 0 aromatic carbocycles. The molecule has 0 radical (unpaired) electrons. The van der Waals surface area contributed by atoms with Gasteiger partial charge in [-0.15, -0.1) is 24.8 Å². The normalized spacial score (nSPS) is 30.3. The van der Waals surface area contributed by atoms with Crippen molar-refractivity contribution >= 4 is 36.5 Å². The van der Waals surface area contributed by atoms with Crippen LogP contribution < -0.4 is 11.1 Å². The number of halogens is 2. The van der Waals surface area contributed by atoms with Crippen LogP contribution in [0, 0.1) is 24.7 Å². The lowest BCUT2D eigenvalue weighted by Gasteiger charge is -2.26. The minimum atomic E-state index is -0.0222. The minimum Gasteiger partial charge on any atom is -0.327 e. The molecule has 3 N–H and O–H groups in total. The zero-order valence-electron chi connectivity index (χ0n) is 11.4. The molecule has 3 rings (SSSR count). The van der Waals surface area contributed by atoms with E-state index >= 15 is 0 Å². The van der Waals surface area contributed by atoms with E-state index in [-0.39, 0.29) is 42.7 Å². The van der Waals surface area contributed by atoms with E-state index in [2.05, 4.69) is 10.3 Å². The van der Waals surface area contributed by atoms with Gasteiger partial charge in [0.2, 0.25) is 5.91 Å². The first-order valence-corrected chi connectivity index (χ1v) is 6.64. The Hall–Kier alpha value is -0.840. The topological polar surface area (TPSA) is 68.0 Å². The Morgan fingerprint density at radius 2 is 2.05 bits per heavy atom. The van der Waals surface area contributed by atoms with Gasteiger partial charge in [0.05, 0.1) is 5.92 Å². The molecular formula is C14H21Cl2N3O. The van der Waals surface area contributed by atoms with Crippen LogP contribution in [0.4, 0.5) is 5.82 Å². The van der Waals surface area contributed by atoms with Gasteiger partial charge in [-0.25, -0.2) is 4.98 Å². The summed E-state index contributed by atoms with van der Waals surface area (Å²) in [6.45, 7) is 1.99. The van der Waals surface area contributed by atoms with Crippen molar-refractivity contribution in [3.05, 3.63) is 23.9 Å². The highest BCUT2D eigenvalue weighted by Crippen LogP contribution is 2.47. The van der Waals surface area contributed by atoms with E-state index < -0.39 is 0 Å². The molecule has 6 heteroatoms. The average molecular weight is 318 g/mol. The van der Waals surface area contributed by atoms with Gasteiger partial charge in [-0.2, -0.15) is 0 Å². The quantitative estimate of drug-likeness (QED) is 0.880. The number of aryl methyl sites for hydroxylation is 1. The molecule has 0 spiro atoms. The number of anilines is 1. The molecule has 112 valence electrons. The number of nitrogens with one attached hydrogen (secondary N) is 1. The van der Waals surface area contributed by atoms with Gasteiger partial charge in [-0.3, -0.25) is 4.79 Å². The summed E-state index contributed by atoms with van der Waals surface area (Å²) < 4.78 is 0. The molecule has 2 aliphatic rings. The third kappa shape index (κ3) is 3.08. The number of rotatable bonds is 2. The number of nitrogens with zero attached hydrogens (tertiary/aromatic N) is 1. The average Bonchev–Trinajstić information content (AvgIpc) is 2.89. The maximum Gasteiger partial charge on any atom is 0.230 e. The van der Waals surface area contributed by atoms with Crippen molar-refractivity contribution in [2.75, 3.05) is 5.32 Å². The molecule has 1 aromatic heterocycles. The van der Waals surface area contributed by atoms with Crippen molar-refractivity contribution < 1.29 is 4.79 Å². The van der Waals surface area contributed by atoms with Gasteiger partial charge in [0.15, 0.2) is 0 Å². The lowest BCUT2D eigenvalue weighted by Crippen LogP contribution is -2.42. The van der Waals surface area contributed by atoms with Gasteiger partial charge in [0.25, 0.3) is 0 Å². The first-order chi connectivity index (χ1) is 8.65. The zero-order valence-corrected chi connectivity index (χ0v) is 13.0. The van der Waals surface area contributed by atoms with E-state index in [0.717, 1.165) is 18.4 Å². The zero-order chi connectivity index (χ0) is 12.7. The monoisotopic (exact) mass is 317 g/mol. The second-order valence-electron chi connectivity index (χ2n) is 5.64. The van der Waals surface area contributed by atoms with Crippen LogP contribution in [0.5, 0.6) is 0 Å². The number of hydrogen-bond acceptors (Lipinski definition) is 3. The van der Waals surface area contributed by atoms with Gasteiger partial charge in [-0.05, 0) is 55.7 Å². The largest absolute Gasteiger partial charge is 0.327 e. The molecule has 2 fully saturated rings. The van der Waals surface area contributed by atoms with E-state index in [4.69, 9.17) is 5.73 Å². The van der Waals surface area contributed by atoms with Gasteiger partial charge < -0.3 is 11.1 Å². The Morgan fingerprint density at radius 3 is 2.65 bits per heavy atom. The molecule has 1 amide bonds. The highest BCUT2D eigenvalue weighted by Gasteiger charge is 2.49. The first kappa shape index (κ1) is 17.2. The van der Waals surface area contributed by atoms with Crippen molar-refractivity contribution in [1.29, 1.82) is 0 Å². The van der Waals surface area contributed by atoms with Crippen molar-refractivity contribution in [1.82, 2.24) is 4.98 Å². The molecule has 2 bridgehead atoms. The number of hydrogen-bond donors (Lipinski definition) is 2. The van der Waals surface area contributed by atoms with Gasteiger partial charge in [0.1, 0.15) is 5.82 Å². The van der Waals surface area contributed by atoms with Crippen LogP contribution in [0.1, 0.15) is 24.8 Å². The molecule has 2 aliphatic carbocycles. The third-order valence-electron chi connectivity index (χ3n) is 4.45. The maximum atomic E-state index is 12.3. The van der Waals surface area contributed by atoms with E-state index in [1.807, 2.05) is 19.1 Å². The lowest BCUT2D eigenvalue weighted by atomic mass is 9.84. The number of nitrogens with two attached hydrogens (primary N) is 1. The molecule has 20 heavy (non-hydrogen) atoms. The summed E-state index contributed by atoms with van der Waals surface area (Å²) in [6.07, 6.45) is 5.18. The van der Waals surface area contributed by atoms with Gasteiger partial charge in [-0.1, -0.05) is 0 Å². The number of carbonyl (C=O) groups is 1. The highest BCUT2D eigenvalue weighted by atomic mass is 35.5. The van der Waals surface area contributed by atoms with Crippen molar-refractivity contribution in [2.45, 2.75) is 32.2 Å². The number of carbonyl (C=O) groups excluding carboxylic acids is 1. The summed E-state index contributed by atoms with van der Waals surface area (Å²) in [5.41, 5.74) is 7.26. The molecule has 1 aromatic rings. The van der Waals surface area contributed by atoms with Crippen LogP contribution in [0.2, 0.25) is 0 Å². The number of fused-ring (bicyclic) bond motifs is 2. The molecule has 0 aliphatic heterocycles. The number of pyridine rings is 1. The molecule has 4 nitrogen and oxygen atoms in total. The third-order valence-corrected chi connectivity index (χ3v) is 4.45. The molecule has 2 saturated carbocycles. The Balaban J connectivity index is 0.000001000. The van der Waals surface area contributed by atoms with Gasteiger partial charge >= 0.3 is 0 Å². The fourth-order valence-electron chi connectivity index (χ4n) is 3.54. The fraction of sp³-hybridized carbons (Fsp3) is 0.571. The summed E-state index contributed by atoms with van der Waals surface area (Å²) in [4.78, 5) is 16.5. The number of aromatic nitrogens is 1. The number of amides is 1. The highest BCUT2D eigenvalue weighted by molar-refractivity contribution is 5.92. The van der Waals surface area contributed by atoms with Crippen LogP contribution in [0.25, 0.3) is 0 Å². The van der Waals surface area contributed by atoms with Crippen LogP contribution in [0.15, 0.2) is 18.3 Å². The summed E-state index contributed by atoms with van der Waals surface area (Å²) in [5.74, 6) is 1.69. The molecule has 0 saturated heterocycles. The maximum absolute atomic E-state index is 12.3. The molecule has 1 heterocycles. The van der Waals surface area contributed by atoms with Crippen LogP contribution >= 0.6 is 24.8 Å². The minimum absolute atomic E-state index is 0. The summed E-state index contributed by atoms with van der Waals surface area (Å²) in [5, 5.41) is 2.91. The lowest BCUT2D eigenvalue weighted by molar-refractivity contribution is -0.121. The van der Waals surface area contributed by atoms with Crippen LogP contribution in [-0.2, 0) is 4.79 Å². The van der Waals surface area contributed by atoms with E-state index in [1.54, 1.807) is 6.20 Å². The Kier molecular flexibility index (Phi) is 5.80. The van der Waals surface area contributed by atoms with E-state index in [0.29, 0.717) is 17.7 Å². The predicted octanol–water partition coefficient (Wildman–Crippen LogP) is 2.55. The Labute approximate surface area is 131 Å². The molecular weight excluding hydrogens is 297 g/mol. The Bertz CT molecular complexity index is 481. The Morgan fingerprint density at radius 1 is 1.35 bits per heavy atom. The van der Waals surface area contributed by atoms with E-state index in [1.165, 1.54) is 6.42 Å². The van der Waals surface area contributed by atoms with Crippen LogP contribution in [0.3, 0.4) is 0 Å². The summed E-state index contributed by atoms with van der Waals surface area (Å²) in [6, 6.07) is 3.84. The van der Waals surface area contributed by atoms with Crippen molar-refractivity contribution in [2.24, 2.45) is 23.5 Å². The first-order valence-electron chi connectivity index (χ1n) is 6.64. The smallest absolute Gasteiger partial charge is 0.230 e. The summed E-state index contributed by atoms with van der Waals surface area (Å²) in [7, 11) is 0. The van der Waals surface area contributed by atoms with Crippen molar-refractivity contribution in [3.8, 4) is 0 Å². The standard InChI is InChI=1S/C14H19N3O.2ClH/c1-8-4-5-16-11(6-8)17-14(18)12-9-2-3-10(7-9)13(12)15;;/h4-6,9-10,12-13H,2-3,7,15H2,1H3,(H,16,17,18);2*1H. The fourth-order valence-corrected chi connectivity index (χ4v) is 3.54. The van der Waals surface area contributed by atoms with Crippen molar-refractivity contribution in [3.63, 3.8) is 0 Å². The SMILES string of the molecule is Cc1ccnc(NC(=O)C2C3CCC(C3)C2N)c1.Cl.Cl. The summed E-state index contributed by atoms with van der Waals surface area (Å²) >= 11 is 0. The van der Waals surface area contributed by atoms with E-state index in [9.17, 15) is 4.79 Å². The van der Waals surface area contributed by atoms with Crippen LogP contribution in [-0.4, -0.2) is 16.9 Å².